The number of fused-ring (bicyclic) bond motifs is 1. The normalized spacial score (nSPS) is 19.8. The average Bonchev–Trinajstić information content (AvgIpc) is 3.04. The van der Waals surface area contributed by atoms with E-state index in [0.29, 0.717) is 37.5 Å². The zero-order chi connectivity index (χ0) is 22.0. The third-order valence-electron chi connectivity index (χ3n) is 5.67. The number of likely N-dealkylation sites (tertiary alicyclic amines) is 1. The summed E-state index contributed by atoms with van der Waals surface area (Å²) in [6.45, 7) is 5.46. The zero-order valence-electron chi connectivity index (χ0n) is 17.9. The lowest BCUT2D eigenvalue weighted by molar-refractivity contribution is -0.139. The number of ketones is 1. The Morgan fingerprint density at radius 3 is 2.81 bits per heavy atom. The van der Waals surface area contributed by atoms with Crippen molar-refractivity contribution in [2.45, 2.75) is 39.2 Å². The number of carbonyl (C=O) groups excluding carboxylic acids is 2. The van der Waals surface area contributed by atoms with Gasteiger partial charge in [-0.1, -0.05) is 19.1 Å². The van der Waals surface area contributed by atoms with Crippen molar-refractivity contribution < 1.29 is 24.2 Å². The molecule has 4 rings (SSSR count). The number of Topliss-reactive ketones (excluding diaryl/α,β-unsaturated/α-hetero) is 1. The first-order valence-corrected chi connectivity index (χ1v) is 10.8. The number of aryl methyl sites for hydroxylation is 1. The molecule has 0 saturated carbocycles. The number of aliphatic hydroxyl groups excluding tert-OH is 1. The molecule has 1 fully saturated rings. The van der Waals surface area contributed by atoms with Crippen LogP contribution < -0.4 is 9.47 Å². The minimum Gasteiger partial charge on any atom is -0.507 e. The molecule has 2 aliphatic heterocycles. The zero-order valence-corrected chi connectivity index (χ0v) is 17.9. The van der Waals surface area contributed by atoms with Crippen LogP contribution in [0.3, 0.4) is 0 Å². The first-order chi connectivity index (χ1) is 15.0. The average molecular weight is 421 g/mol. The van der Waals surface area contributed by atoms with Crippen molar-refractivity contribution in [1.82, 2.24) is 4.90 Å². The molecule has 2 aromatic rings. The van der Waals surface area contributed by atoms with E-state index in [9.17, 15) is 14.7 Å². The molecule has 2 aliphatic rings. The summed E-state index contributed by atoms with van der Waals surface area (Å²) in [6, 6.07) is 12.1. The van der Waals surface area contributed by atoms with Crippen LogP contribution in [0.4, 0.5) is 0 Å². The van der Waals surface area contributed by atoms with E-state index in [0.717, 1.165) is 29.7 Å². The lowest BCUT2D eigenvalue weighted by Crippen LogP contribution is -2.30. The highest BCUT2D eigenvalue weighted by atomic mass is 16.5. The molecule has 1 atom stereocenters. The van der Waals surface area contributed by atoms with E-state index in [2.05, 4.69) is 0 Å². The summed E-state index contributed by atoms with van der Waals surface area (Å²) in [6.07, 6.45) is 2.45. The van der Waals surface area contributed by atoms with Crippen molar-refractivity contribution >= 4 is 17.4 Å². The Kier molecular flexibility index (Phi) is 5.98. The number of benzene rings is 2. The van der Waals surface area contributed by atoms with Gasteiger partial charge in [0.2, 0.25) is 0 Å². The van der Waals surface area contributed by atoms with Gasteiger partial charge in [0.1, 0.15) is 17.3 Å². The van der Waals surface area contributed by atoms with E-state index in [1.165, 1.54) is 0 Å². The van der Waals surface area contributed by atoms with E-state index in [4.69, 9.17) is 9.47 Å². The lowest BCUT2D eigenvalue weighted by Gasteiger charge is -2.25. The summed E-state index contributed by atoms with van der Waals surface area (Å²) in [4.78, 5) is 27.4. The third kappa shape index (κ3) is 3.90. The molecule has 1 amide bonds. The van der Waals surface area contributed by atoms with Crippen LogP contribution in [-0.4, -0.2) is 41.5 Å². The molecular formula is C25H27NO5. The summed E-state index contributed by atoms with van der Waals surface area (Å²) in [7, 11) is 0. The lowest BCUT2D eigenvalue weighted by atomic mass is 9.94. The van der Waals surface area contributed by atoms with Gasteiger partial charge < -0.3 is 19.5 Å². The van der Waals surface area contributed by atoms with Gasteiger partial charge in [0.15, 0.2) is 0 Å². The molecule has 2 heterocycles. The summed E-state index contributed by atoms with van der Waals surface area (Å²) >= 11 is 0. The first-order valence-electron chi connectivity index (χ1n) is 10.8. The van der Waals surface area contributed by atoms with Gasteiger partial charge in [-0.25, -0.2) is 0 Å². The van der Waals surface area contributed by atoms with Crippen molar-refractivity contribution in [3.05, 3.63) is 64.7 Å². The molecule has 6 heteroatoms. The molecule has 0 bridgehead atoms. The van der Waals surface area contributed by atoms with Crippen molar-refractivity contribution in [3.8, 4) is 11.5 Å². The Labute approximate surface area is 182 Å². The highest BCUT2D eigenvalue weighted by Crippen LogP contribution is 2.41. The predicted octanol–water partition coefficient (Wildman–Crippen LogP) is 4.24. The number of aliphatic hydroxyl groups is 1. The molecule has 31 heavy (non-hydrogen) atoms. The van der Waals surface area contributed by atoms with Gasteiger partial charge in [0.05, 0.1) is 24.8 Å². The molecule has 2 aromatic carbocycles. The largest absolute Gasteiger partial charge is 0.507 e. The molecule has 1 unspecified atom stereocenters. The predicted molar refractivity (Wildman–Crippen MR) is 117 cm³/mol. The molecule has 0 radical (unpaired) electrons. The molecule has 0 aliphatic carbocycles. The first kappa shape index (κ1) is 21.0. The number of carbonyl (C=O) groups is 2. The number of nitrogens with zero attached hydrogens (tertiary/aromatic N) is 1. The second-order valence-corrected chi connectivity index (χ2v) is 7.77. The molecule has 6 nitrogen and oxygen atoms in total. The minimum atomic E-state index is -0.660. The van der Waals surface area contributed by atoms with Gasteiger partial charge in [0.25, 0.3) is 11.7 Å². The van der Waals surface area contributed by atoms with Crippen LogP contribution >= 0.6 is 0 Å². The summed E-state index contributed by atoms with van der Waals surface area (Å²) in [5, 5.41) is 11.2. The fraction of sp³-hybridized carbons (Fsp3) is 0.360. The number of amides is 1. The topological polar surface area (TPSA) is 76.1 Å². The molecule has 1 saturated heterocycles. The summed E-state index contributed by atoms with van der Waals surface area (Å²) in [5.74, 6) is 0.0589. The fourth-order valence-corrected chi connectivity index (χ4v) is 4.30. The second kappa shape index (κ2) is 8.84. The quantitative estimate of drug-likeness (QED) is 0.429. The standard InChI is InChI=1S/C25H27NO5/c1-3-12-26-22(17-7-5-9-19(15-17)30-4-2)21(24(28)25(26)29)23(27)18-10-11-20-16(14-18)8-6-13-31-20/h5,7,9-11,14-15,22,27H,3-4,6,8,12-13H2,1-2H3/b23-21-. The van der Waals surface area contributed by atoms with Crippen LogP contribution in [0.15, 0.2) is 48.0 Å². The van der Waals surface area contributed by atoms with Crippen LogP contribution in [0.2, 0.25) is 0 Å². The summed E-state index contributed by atoms with van der Waals surface area (Å²) in [5.41, 5.74) is 2.36. The fourth-order valence-electron chi connectivity index (χ4n) is 4.30. The number of hydrogen-bond donors (Lipinski definition) is 1. The van der Waals surface area contributed by atoms with Gasteiger partial charge in [-0.3, -0.25) is 9.59 Å². The van der Waals surface area contributed by atoms with E-state index in [1.807, 2.05) is 50.2 Å². The highest BCUT2D eigenvalue weighted by molar-refractivity contribution is 6.46. The van der Waals surface area contributed by atoms with E-state index in [1.54, 1.807) is 11.0 Å². The van der Waals surface area contributed by atoms with Gasteiger partial charge in [-0.05, 0) is 67.6 Å². The molecule has 0 spiro atoms. The van der Waals surface area contributed by atoms with Gasteiger partial charge >= 0.3 is 0 Å². The van der Waals surface area contributed by atoms with Crippen LogP contribution in [-0.2, 0) is 16.0 Å². The number of rotatable bonds is 6. The second-order valence-electron chi connectivity index (χ2n) is 7.77. The van der Waals surface area contributed by atoms with Crippen LogP contribution in [0, 0.1) is 0 Å². The van der Waals surface area contributed by atoms with Crippen LogP contribution in [0.25, 0.3) is 5.76 Å². The van der Waals surface area contributed by atoms with E-state index < -0.39 is 17.7 Å². The monoisotopic (exact) mass is 421 g/mol. The van der Waals surface area contributed by atoms with Gasteiger partial charge in [-0.2, -0.15) is 0 Å². The molecule has 162 valence electrons. The van der Waals surface area contributed by atoms with Gasteiger partial charge in [0, 0.05) is 12.1 Å². The highest BCUT2D eigenvalue weighted by Gasteiger charge is 2.45. The molecular weight excluding hydrogens is 394 g/mol. The Morgan fingerprint density at radius 1 is 1.19 bits per heavy atom. The minimum absolute atomic E-state index is 0.115. The van der Waals surface area contributed by atoms with Gasteiger partial charge in [-0.15, -0.1) is 0 Å². The Bertz CT molecular complexity index is 1040. The van der Waals surface area contributed by atoms with Crippen LogP contribution in [0.1, 0.15) is 49.4 Å². The maximum absolute atomic E-state index is 13.0. The SMILES string of the molecule is CCCN1C(=O)C(=O)/C(=C(\O)c2ccc3c(c2)CCCO3)C1c1cccc(OCC)c1. The summed E-state index contributed by atoms with van der Waals surface area (Å²) < 4.78 is 11.3. The van der Waals surface area contributed by atoms with Crippen molar-refractivity contribution in [3.63, 3.8) is 0 Å². The maximum Gasteiger partial charge on any atom is 0.295 e. The van der Waals surface area contributed by atoms with Crippen molar-refractivity contribution in [1.29, 1.82) is 0 Å². The third-order valence-corrected chi connectivity index (χ3v) is 5.67. The maximum atomic E-state index is 13.0. The number of hydrogen-bond acceptors (Lipinski definition) is 5. The van der Waals surface area contributed by atoms with E-state index in [-0.39, 0.29) is 11.3 Å². The molecule has 0 aromatic heterocycles. The van der Waals surface area contributed by atoms with E-state index >= 15 is 0 Å². The Morgan fingerprint density at radius 2 is 2.03 bits per heavy atom. The molecule has 1 N–H and O–H groups in total. The van der Waals surface area contributed by atoms with Crippen molar-refractivity contribution in [2.75, 3.05) is 19.8 Å². The Hall–Kier alpha value is -3.28. The van der Waals surface area contributed by atoms with Crippen LogP contribution in [0.5, 0.6) is 11.5 Å². The van der Waals surface area contributed by atoms with Crippen molar-refractivity contribution in [2.24, 2.45) is 0 Å². The number of ether oxygens (including phenoxy) is 2. The Balaban J connectivity index is 1.84. The smallest absolute Gasteiger partial charge is 0.295 e.